The Hall–Kier alpha value is -0.810. The van der Waals surface area contributed by atoms with Crippen LogP contribution in [-0.2, 0) is 9.59 Å². The number of halogens is 1. The molecule has 1 saturated heterocycles. The highest BCUT2D eigenvalue weighted by Crippen LogP contribution is 2.21. The summed E-state index contributed by atoms with van der Waals surface area (Å²) in [5.41, 5.74) is 5.46. The standard InChI is InChI=1S/C16H31N3O2.ClH/c1-3-18(4-2)16(21)14-10-9-13-19(14)15(20)11-7-5-6-8-12-17;/h14H,3-13,17H2,1-2H3;1H. The molecule has 0 aromatic rings. The van der Waals surface area contributed by atoms with Crippen molar-refractivity contribution in [3.8, 4) is 0 Å². The summed E-state index contributed by atoms with van der Waals surface area (Å²) in [5, 5.41) is 0. The molecule has 6 heteroatoms. The molecule has 0 aliphatic carbocycles. The molecular formula is C16H32ClN3O2. The first-order valence-electron chi connectivity index (χ1n) is 8.44. The van der Waals surface area contributed by atoms with Crippen LogP contribution in [0.2, 0.25) is 0 Å². The van der Waals surface area contributed by atoms with Crippen LogP contribution in [0.3, 0.4) is 0 Å². The largest absolute Gasteiger partial charge is 0.341 e. The predicted molar refractivity (Wildman–Crippen MR) is 92.1 cm³/mol. The van der Waals surface area contributed by atoms with Gasteiger partial charge in [0.2, 0.25) is 11.8 Å². The molecule has 0 radical (unpaired) electrons. The van der Waals surface area contributed by atoms with Crippen LogP contribution in [0.1, 0.15) is 58.8 Å². The molecule has 1 rings (SSSR count). The minimum Gasteiger partial charge on any atom is -0.341 e. The molecule has 0 saturated carbocycles. The number of hydrogen-bond donors (Lipinski definition) is 1. The summed E-state index contributed by atoms with van der Waals surface area (Å²) in [5.74, 6) is 0.264. The molecule has 2 N–H and O–H groups in total. The predicted octanol–water partition coefficient (Wildman–Crippen LogP) is 2.18. The summed E-state index contributed by atoms with van der Waals surface area (Å²) in [6, 6.07) is -0.221. The van der Waals surface area contributed by atoms with Crippen molar-refractivity contribution in [3.63, 3.8) is 0 Å². The number of rotatable bonds is 9. The van der Waals surface area contributed by atoms with E-state index in [1.165, 1.54) is 0 Å². The van der Waals surface area contributed by atoms with Crippen LogP contribution >= 0.6 is 12.4 Å². The molecule has 1 fully saturated rings. The second-order valence-corrected chi connectivity index (χ2v) is 5.71. The lowest BCUT2D eigenvalue weighted by Crippen LogP contribution is -2.47. The number of nitrogens with zero attached hydrogens (tertiary/aromatic N) is 2. The van der Waals surface area contributed by atoms with Crippen molar-refractivity contribution < 1.29 is 9.59 Å². The van der Waals surface area contributed by atoms with Gasteiger partial charge < -0.3 is 15.5 Å². The fourth-order valence-electron chi connectivity index (χ4n) is 2.99. The molecule has 22 heavy (non-hydrogen) atoms. The van der Waals surface area contributed by atoms with Crippen molar-refractivity contribution in [3.05, 3.63) is 0 Å². The van der Waals surface area contributed by atoms with Crippen LogP contribution in [0.25, 0.3) is 0 Å². The van der Waals surface area contributed by atoms with Crippen molar-refractivity contribution >= 4 is 24.2 Å². The molecule has 0 aromatic heterocycles. The van der Waals surface area contributed by atoms with Crippen molar-refractivity contribution in [2.45, 2.75) is 64.8 Å². The van der Waals surface area contributed by atoms with Gasteiger partial charge in [-0.1, -0.05) is 12.8 Å². The summed E-state index contributed by atoms with van der Waals surface area (Å²) in [7, 11) is 0. The highest BCUT2D eigenvalue weighted by atomic mass is 35.5. The number of carbonyl (C=O) groups is 2. The Morgan fingerprint density at radius 1 is 1.14 bits per heavy atom. The van der Waals surface area contributed by atoms with Crippen LogP contribution in [-0.4, -0.2) is 53.8 Å². The lowest BCUT2D eigenvalue weighted by atomic mass is 10.1. The van der Waals surface area contributed by atoms with Crippen LogP contribution in [0, 0.1) is 0 Å². The molecule has 1 unspecified atom stereocenters. The summed E-state index contributed by atoms with van der Waals surface area (Å²) < 4.78 is 0. The molecular weight excluding hydrogens is 302 g/mol. The van der Waals surface area contributed by atoms with E-state index in [2.05, 4.69) is 0 Å². The third-order valence-corrected chi connectivity index (χ3v) is 4.28. The van der Waals surface area contributed by atoms with E-state index in [-0.39, 0.29) is 30.3 Å². The van der Waals surface area contributed by atoms with Crippen molar-refractivity contribution in [2.75, 3.05) is 26.2 Å². The minimum absolute atomic E-state index is 0. The van der Waals surface area contributed by atoms with E-state index in [1.54, 1.807) is 0 Å². The van der Waals surface area contributed by atoms with Crippen molar-refractivity contribution in [1.29, 1.82) is 0 Å². The third kappa shape index (κ3) is 6.13. The van der Waals surface area contributed by atoms with E-state index in [9.17, 15) is 9.59 Å². The van der Waals surface area contributed by atoms with Gasteiger partial charge in [-0.15, -0.1) is 12.4 Å². The van der Waals surface area contributed by atoms with Crippen LogP contribution in [0.4, 0.5) is 0 Å². The summed E-state index contributed by atoms with van der Waals surface area (Å²) >= 11 is 0. The van der Waals surface area contributed by atoms with Gasteiger partial charge >= 0.3 is 0 Å². The zero-order chi connectivity index (χ0) is 15.7. The SMILES string of the molecule is CCN(CC)C(=O)C1CCCN1C(=O)CCCCCCN.Cl. The summed E-state index contributed by atoms with van der Waals surface area (Å²) in [6.45, 7) is 6.86. The van der Waals surface area contributed by atoms with Crippen LogP contribution in [0.5, 0.6) is 0 Å². The van der Waals surface area contributed by atoms with Crippen LogP contribution < -0.4 is 5.73 Å². The number of likely N-dealkylation sites (N-methyl/N-ethyl adjacent to an activating group) is 1. The first-order valence-corrected chi connectivity index (χ1v) is 8.44. The number of likely N-dealkylation sites (tertiary alicyclic amines) is 1. The van der Waals surface area contributed by atoms with Gasteiger partial charge in [-0.05, 0) is 46.1 Å². The lowest BCUT2D eigenvalue weighted by molar-refractivity contribution is -0.143. The Morgan fingerprint density at radius 3 is 2.36 bits per heavy atom. The normalized spacial score (nSPS) is 17.2. The Bertz CT molecular complexity index is 335. The van der Waals surface area contributed by atoms with E-state index >= 15 is 0 Å². The fourth-order valence-corrected chi connectivity index (χ4v) is 2.99. The zero-order valence-corrected chi connectivity index (χ0v) is 14.9. The summed E-state index contributed by atoms with van der Waals surface area (Å²) in [6.07, 6.45) is 6.39. The van der Waals surface area contributed by atoms with E-state index in [0.717, 1.165) is 51.6 Å². The van der Waals surface area contributed by atoms with Crippen LogP contribution in [0.15, 0.2) is 0 Å². The quantitative estimate of drug-likeness (QED) is 0.658. The molecule has 130 valence electrons. The average Bonchev–Trinajstić information content (AvgIpc) is 2.97. The molecule has 0 aromatic carbocycles. The molecule has 2 amide bonds. The summed E-state index contributed by atoms with van der Waals surface area (Å²) in [4.78, 5) is 28.4. The number of nitrogens with two attached hydrogens (primary N) is 1. The highest BCUT2D eigenvalue weighted by molar-refractivity contribution is 5.88. The van der Waals surface area contributed by atoms with Gasteiger partial charge in [0, 0.05) is 26.1 Å². The second-order valence-electron chi connectivity index (χ2n) is 5.71. The fraction of sp³-hybridized carbons (Fsp3) is 0.875. The average molecular weight is 334 g/mol. The highest BCUT2D eigenvalue weighted by Gasteiger charge is 2.35. The minimum atomic E-state index is -0.221. The van der Waals surface area contributed by atoms with E-state index in [4.69, 9.17) is 5.73 Å². The van der Waals surface area contributed by atoms with Gasteiger partial charge in [0.1, 0.15) is 6.04 Å². The number of carbonyl (C=O) groups excluding carboxylic acids is 2. The molecule has 5 nitrogen and oxygen atoms in total. The molecule has 0 spiro atoms. The Labute approximate surface area is 141 Å². The van der Waals surface area contributed by atoms with Gasteiger partial charge in [0.15, 0.2) is 0 Å². The molecule has 1 aliphatic rings. The second kappa shape index (κ2) is 11.7. The van der Waals surface area contributed by atoms with Crippen molar-refractivity contribution in [2.24, 2.45) is 5.73 Å². The number of amides is 2. The maximum absolute atomic E-state index is 12.5. The smallest absolute Gasteiger partial charge is 0.245 e. The molecule has 1 heterocycles. The maximum atomic E-state index is 12.5. The Kier molecular flexibility index (Phi) is 11.3. The van der Waals surface area contributed by atoms with E-state index in [0.29, 0.717) is 19.5 Å². The molecule has 1 aliphatic heterocycles. The number of unbranched alkanes of at least 4 members (excludes halogenated alkanes) is 3. The van der Waals surface area contributed by atoms with E-state index in [1.807, 2.05) is 23.6 Å². The van der Waals surface area contributed by atoms with Gasteiger partial charge in [-0.25, -0.2) is 0 Å². The lowest BCUT2D eigenvalue weighted by Gasteiger charge is -2.29. The molecule has 1 atom stereocenters. The van der Waals surface area contributed by atoms with Crippen molar-refractivity contribution in [1.82, 2.24) is 9.80 Å². The molecule has 0 bridgehead atoms. The number of hydrogen-bond acceptors (Lipinski definition) is 3. The Morgan fingerprint density at radius 2 is 1.77 bits per heavy atom. The van der Waals surface area contributed by atoms with Gasteiger partial charge in [-0.3, -0.25) is 9.59 Å². The van der Waals surface area contributed by atoms with E-state index < -0.39 is 0 Å². The van der Waals surface area contributed by atoms with Gasteiger partial charge in [-0.2, -0.15) is 0 Å². The zero-order valence-electron chi connectivity index (χ0n) is 14.1. The monoisotopic (exact) mass is 333 g/mol. The topological polar surface area (TPSA) is 66.6 Å². The first kappa shape index (κ1) is 21.2. The third-order valence-electron chi connectivity index (χ3n) is 4.28. The maximum Gasteiger partial charge on any atom is 0.245 e. The van der Waals surface area contributed by atoms with Gasteiger partial charge in [0.25, 0.3) is 0 Å². The van der Waals surface area contributed by atoms with Gasteiger partial charge in [0.05, 0.1) is 0 Å². The Balaban J connectivity index is 0.00000441. The first-order chi connectivity index (χ1) is 10.2.